The lowest BCUT2D eigenvalue weighted by atomic mass is 10.1. The first kappa shape index (κ1) is 10.8. The Labute approximate surface area is 93.0 Å². The molecule has 0 aromatic heterocycles. The van der Waals surface area contributed by atoms with Gasteiger partial charge in [0.15, 0.2) is 0 Å². The smallest absolute Gasteiger partial charge is 0.0816 e. The average molecular weight is 221 g/mol. The Hall–Kier alpha value is -0.690. The Balaban J connectivity index is 2.17. The zero-order valence-corrected chi connectivity index (χ0v) is 9.80. The second-order valence-electron chi connectivity index (χ2n) is 3.71. The maximum atomic E-state index is 5.74. The molecule has 0 saturated heterocycles. The van der Waals surface area contributed by atoms with Gasteiger partial charge in [0.05, 0.1) is 18.8 Å². The Morgan fingerprint density at radius 3 is 3.07 bits per heavy atom. The number of rotatable bonds is 4. The molecule has 0 aliphatic heterocycles. The molecule has 3 atom stereocenters. The zero-order chi connectivity index (χ0) is 10.7. The van der Waals surface area contributed by atoms with Crippen molar-refractivity contribution in [3.05, 3.63) is 48.0 Å². The minimum Gasteiger partial charge on any atom is -0.372 e. The summed E-state index contributed by atoms with van der Waals surface area (Å²) >= 11 is 0. The van der Waals surface area contributed by atoms with Gasteiger partial charge >= 0.3 is 0 Å². The first-order valence-corrected chi connectivity index (χ1v) is 5.71. The average Bonchev–Trinajstić information content (AvgIpc) is 2.63. The van der Waals surface area contributed by atoms with Crippen LogP contribution in [0.1, 0.15) is 17.2 Å². The topological polar surface area (TPSA) is 21.3 Å². The molecule has 80 valence electrons. The van der Waals surface area contributed by atoms with Crippen molar-refractivity contribution in [2.24, 2.45) is 0 Å². The predicted octanol–water partition coefficient (Wildman–Crippen LogP) is 2.23. The highest BCUT2D eigenvalue weighted by molar-refractivity contribution is 7.13. The van der Waals surface area contributed by atoms with Gasteiger partial charge in [-0.05, 0) is 11.1 Å². The van der Waals surface area contributed by atoms with Crippen LogP contribution in [-0.2, 0) is 11.2 Å². The molecule has 2 rings (SSSR count). The van der Waals surface area contributed by atoms with Gasteiger partial charge in [0.25, 0.3) is 0 Å². The van der Waals surface area contributed by atoms with E-state index in [0.717, 1.165) is 6.42 Å². The van der Waals surface area contributed by atoms with Crippen molar-refractivity contribution in [1.29, 1.82) is 0 Å². The highest BCUT2D eigenvalue weighted by Crippen LogP contribution is 2.33. The molecule has 1 aliphatic carbocycles. The molecule has 0 spiro atoms. The van der Waals surface area contributed by atoms with E-state index in [-0.39, 0.29) is 12.1 Å². The van der Waals surface area contributed by atoms with Gasteiger partial charge in [0, 0.05) is 6.42 Å². The summed E-state index contributed by atoms with van der Waals surface area (Å²) in [5, 5.41) is 3.24. The zero-order valence-electron chi connectivity index (χ0n) is 8.65. The summed E-state index contributed by atoms with van der Waals surface area (Å²) < 4.78 is 5.74. The minimum absolute atomic E-state index is 0.220. The molecule has 3 unspecified atom stereocenters. The van der Waals surface area contributed by atoms with Crippen molar-refractivity contribution < 1.29 is 4.74 Å². The monoisotopic (exact) mass is 221 g/mol. The summed E-state index contributed by atoms with van der Waals surface area (Å²) in [7, 11) is 2.58. The van der Waals surface area contributed by atoms with Crippen LogP contribution in [0, 0.1) is 0 Å². The van der Waals surface area contributed by atoms with Crippen molar-refractivity contribution in [2.75, 3.05) is 6.61 Å². The predicted molar refractivity (Wildman–Crippen MR) is 65.7 cm³/mol. The van der Waals surface area contributed by atoms with Gasteiger partial charge in [-0.25, -0.2) is 0 Å². The fourth-order valence-corrected chi connectivity index (χ4v) is 2.50. The minimum atomic E-state index is 0.220. The Kier molecular flexibility index (Phi) is 3.53. The van der Waals surface area contributed by atoms with E-state index in [4.69, 9.17) is 4.74 Å². The number of benzene rings is 1. The van der Waals surface area contributed by atoms with Gasteiger partial charge in [0.1, 0.15) is 0 Å². The van der Waals surface area contributed by atoms with Crippen LogP contribution in [0.3, 0.4) is 0 Å². The standard InChI is InChI=1S/C12H16NOP/c1-2-7-14-11-8-9-5-3-4-6-10(9)12(11)13-15/h2-6,11-13H,1,7-8,15H2. The molecule has 0 amide bonds. The summed E-state index contributed by atoms with van der Waals surface area (Å²) in [4.78, 5) is 0. The maximum Gasteiger partial charge on any atom is 0.0816 e. The molecular weight excluding hydrogens is 205 g/mol. The van der Waals surface area contributed by atoms with Crippen LogP contribution in [0.25, 0.3) is 0 Å². The van der Waals surface area contributed by atoms with Crippen molar-refractivity contribution >= 4 is 9.39 Å². The van der Waals surface area contributed by atoms with Crippen LogP contribution in [0.2, 0.25) is 0 Å². The number of fused-ring (bicyclic) bond motifs is 1. The third kappa shape index (κ3) is 2.12. The summed E-state index contributed by atoms with van der Waals surface area (Å²) in [6.07, 6.45) is 3.00. The van der Waals surface area contributed by atoms with Gasteiger partial charge in [-0.3, -0.25) is 5.09 Å². The fraction of sp³-hybridized carbons (Fsp3) is 0.333. The molecule has 0 saturated carbocycles. The summed E-state index contributed by atoms with van der Waals surface area (Å²) in [6, 6.07) is 8.76. The molecule has 1 N–H and O–H groups in total. The van der Waals surface area contributed by atoms with Crippen LogP contribution in [0.5, 0.6) is 0 Å². The van der Waals surface area contributed by atoms with Gasteiger partial charge in [-0.1, -0.05) is 39.7 Å². The Morgan fingerprint density at radius 2 is 2.33 bits per heavy atom. The Morgan fingerprint density at radius 1 is 1.53 bits per heavy atom. The van der Waals surface area contributed by atoms with E-state index in [0.29, 0.717) is 6.61 Å². The van der Waals surface area contributed by atoms with Crippen molar-refractivity contribution in [3.8, 4) is 0 Å². The Bertz CT molecular complexity index is 353. The van der Waals surface area contributed by atoms with Gasteiger partial charge in [-0.15, -0.1) is 6.58 Å². The molecule has 1 aromatic carbocycles. The molecule has 0 radical (unpaired) electrons. The third-order valence-electron chi connectivity index (χ3n) is 2.79. The number of hydrogen-bond donors (Lipinski definition) is 1. The normalized spacial score (nSPS) is 23.8. The van der Waals surface area contributed by atoms with Crippen LogP contribution < -0.4 is 5.09 Å². The molecule has 15 heavy (non-hydrogen) atoms. The van der Waals surface area contributed by atoms with Crippen molar-refractivity contribution in [2.45, 2.75) is 18.6 Å². The molecule has 1 aromatic rings. The molecule has 0 heterocycles. The lowest BCUT2D eigenvalue weighted by Gasteiger charge is -2.19. The van der Waals surface area contributed by atoms with E-state index in [9.17, 15) is 0 Å². The van der Waals surface area contributed by atoms with Crippen LogP contribution in [0.4, 0.5) is 0 Å². The van der Waals surface area contributed by atoms with E-state index >= 15 is 0 Å². The summed E-state index contributed by atoms with van der Waals surface area (Å²) in [5.74, 6) is 0. The van der Waals surface area contributed by atoms with E-state index < -0.39 is 0 Å². The quantitative estimate of drug-likeness (QED) is 0.622. The highest BCUT2D eigenvalue weighted by atomic mass is 31.0. The molecule has 1 aliphatic rings. The highest BCUT2D eigenvalue weighted by Gasteiger charge is 2.31. The van der Waals surface area contributed by atoms with Crippen LogP contribution in [-0.4, -0.2) is 12.7 Å². The van der Waals surface area contributed by atoms with Crippen molar-refractivity contribution in [1.82, 2.24) is 5.09 Å². The first-order valence-electron chi connectivity index (χ1n) is 5.13. The lowest BCUT2D eigenvalue weighted by molar-refractivity contribution is 0.0603. The number of nitrogens with one attached hydrogen (secondary N) is 1. The largest absolute Gasteiger partial charge is 0.372 e. The second-order valence-corrected chi connectivity index (χ2v) is 4.04. The summed E-state index contributed by atoms with van der Waals surface area (Å²) in [6.45, 7) is 4.28. The van der Waals surface area contributed by atoms with Crippen molar-refractivity contribution in [3.63, 3.8) is 0 Å². The molecule has 0 fully saturated rings. The first-order chi connectivity index (χ1) is 7.36. The van der Waals surface area contributed by atoms with E-state index in [1.807, 2.05) is 0 Å². The maximum absolute atomic E-state index is 5.74. The molecule has 2 nitrogen and oxygen atoms in total. The third-order valence-corrected chi connectivity index (χ3v) is 3.15. The van der Waals surface area contributed by atoms with Gasteiger partial charge in [0.2, 0.25) is 0 Å². The van der Waals surface area contributed by atoms with Crippen LogP contribution in [0.15, 0.2) is 36.9 Å². The van der Waals surface area contributed by atoms with Crippen LogP contribution >= 0.6 is 9.39 Å². The molecule has 0 bridgehead atoms. The van der Waals surface area contributed by atoms with Gasteiger partial charge < -0.3 is 4.74 Å². The van der Waals surface area contributed by atoms with E-state index in [2.05, 4.69) is 45.3 Å². The number of ether oxygens (including phenoxy) is 1. The molecule has 3 heteroatoms. The second kappa shape index (κ2) is 4.89. The molecular formula is C12H16NOP. The van der Waals surface area contributed by atoms with E-state index in [1.54, 1.807) is 6.08 Å². The number of hydrogen-bond acceptors (Lipinski definition) is 2. The van der Waals surface area contributed by atoms with E-state index in [1.165, 1.54) is 11.1 Å². The summed E-state index contributed by atoms with van der Waals surface area (Å²) in [5.41, 5.74) is 2.73. The lowest BCUT2D eigenvalue weighted by Crippen LogP contribution is -2.25. The van der Waals surface area contributed by atoms with Gasteiger partial charge in [-0.2, -0.15) is 0 Å². The fourth-order valence-electron chi connectivity index (χ4n) is 2.10. The SMILES string of the molecule is C=CCOC1Cc2ccccc2C1NP.